The van der Waals surface area contributed by atoms with Crippen LogP contribution in [0.15, 0.2) is 18.2 Å². The quantitative estimate of drug-likeness (QED) is 0.804. The second-order valence-corrected chi connectivity index (χ2v) is 4.78. The molecule has 2 amide bonds. The average Bonchev–Trinajstić information content (AvgIpc) is 2.83. The average molecular weight is 231 g/mol. The number of carbonyl (C=O) groups excluding carboxylic acids is 1. The minimum atomic E-state index is -0.0175. The molecule has 0 spiro atoms. The Morgan fingerprint density at radius 3 is 2.76 bits per heavy atom. The Labute approximate surface area is 101 Å². The molecule has 1 N–H and O–H groups in total. The maximum absolute atomic E-state index is 11.6. The van der Waals surface area contributed by atoms with Gasteiger partial charge in [-0.1, -0.05) is 6.07 Å². The van der Waals surface area contributed by atoms with Gasteiger partial charge in [0.1, 0.15) is 0 Å². The minimum Gasteiger partial charge on any atom is -0.371 e. The van der Waals surface area contributed by atoms with Crippen LogP contribution in [0.25, 0.3) is 0 Å². The third kappa shape index (κ3) is 1.73. The van der Waals surface area contributed by atoms with Crippen molar-refractivity contribution in [1.29, 1.82) is 0 Å². The number of hydrogen-bond acceptors (Lipinski definition) is 2. The van der Waals surface area contributed by atoms with Crippen molar-refractivity contribution in [3.05, 3.63) is 23.8 Å². The second-order valence-electron chi connectivity index (χ2n) is 4.78. The molecule has 1 aromatic rings. The van der Waals surface area contributed by atoms with Crippen molar-refractivity contribution >= 4 is 17.4 Å². The van der Waals surface area contributed by atoms with E-state index in [-0.39, 0.29) is 6.03 Å². The van der Waals surface area contributed by atoms with Crippen LogP contribution in [0.1, 0.15) is 18.4 Å². The van der Waals surface area contributed by atoms with Crippen LogP contribution < -0.4 is 10.2 Å². The van der Waals surface area contributed by atoms with Gasteiger partial charge < -0.3 is 15.1 Å². The van der Waals surface area contributed by atoms with Crippen LogP contribution in [-0.2, 0) is 6.54 Å². The summed E-state index contributed by atoms with van der Waals surface area (Å²) in [6, 6.07) is 6.16. The van der Waals surface area contributed by atoms with Crippen LogP contribution in [0.5, 0.6) is 0 Å². The lowest BCUT2D eigenvalue weighted by atomic mass is 10.1. The summed E-state index contributed by atoms with van der Waals surface area (Å²) < 4.78 is 0. The van der Waals surface area contributed by atoms with Gasteiger partial charge in [0.15, 0.2) is 0 Å². The highest BCUT2D eigenvalue weighted by Crippen LogP contribution is 2.33. The first-order valence-electron chi connectivity index (χ1n) is 6.14. The SMILES string of the molecule is CN1Cc2c(cccc2N2CCCC2)NC1=O. The van der Waals surface area contributed by atoms with Crippen LogP contribution >= 0.6 is 0 Å². The highest BCUT2D eigenvalue weighted by Gasteiger charge is 2.24. The molecule has 0 aliphatic carbocycles. The first-order valence-corrected chi connectivity index (χ1v) is 6.14. The van der Waals surface area contributed by atoms with E-state index in [1.54, 1.807) is 4.90 Å². The molecule has 0 saturated carbocycles. The van der Waals surface area contributed by atoms with Gasteiger partial charge in [0.25, 0.3) is 0 Å². The first-order chi connectivity index (χ1) is 8.25. The zero-order chi connectivity index (χ0) is 11.8. The Bertz CT molecular complexity index is 452. The predicted octanol–water partition coefficient (Wildman–Crippen LogP) is 2.26. The van der Waals surface area contributed by atoms with Crippen molar-refractivity contribution < 1.29 is 4.79 Å². The number of benzene rings is 1. The summed E-state index contributed by atoms with van der Waals surface area (Å²) in [6.07, 6.45) is 2.54. The minimum absolute atomic E-state index is 0.0175. The van der Waals surface area contributed by atoms with Crippen LogP contribution in [0, 0.1) is 0 Å². The fourth-order valence-corrected chi connectivity index (χ4v) is 2.63. The fraction of sp³-hybridized carbons (Fsp3) is 0.462. The van der Waals surface area contributed by atoms with Crippen LogP contribution in [0.3, 0.4) is 0 Å². The van der Waals surface area contributed by atoms with Crippen molar-refractivity contribution in [2.75, 3.05) is 30.4 Å². The molecule has 1 aromatic carbocycles. The zero-order valence-electron chi connectivity index (χ0n) is 10.1. The number of nitrogens with one attached hydrogen (secondary N) is 1. The Morgan fingerprint density at radius 1 is 1.24 bits per heavy atom. The van der Waals surface area contributed by atoms with E-state index in [4.69, 9.17) is 0 Å². The Kier molecular flexibility index (Phi) is 2.42. The van der Waals surface area contributed by atoms with E-state index in [0.717, 1.165) is 18.8 Å². The van der Waals surface area contributed by atoms with E-state index in [1.807, 2.05) is 19.2 Å². The van der Waals surface area contributed by atoms with Crippen LogP contribution in [0.2, 0.25) is 0 Å². The lowest BCUT2D eigenvalue weighted by Gasteiger charge is -2.30. The van der Waals surface area contributed by atoms with E-state index in [0.29, 0.717) is 6.54 Å². The Morgan fingerprint density at radius 2 is 2.00 bits per heavy atom. The molecule has 2 aliphatic heterocycles. The van der Waals surface area contributed by atoms with Gasteiger partial charge in [-0.15, -0.1) is 0 Å². The molecule has 4 heteroatoms. The molecule has 4 nitrogen and oxygen atoms in total. The van der Waals surface area contributed by atoms with Crippen molar-refractivity contribution in [2.45, 2.75) is 19.4 Å². The molecule has 2 heterocycles. The third-order valence-electron chi connectivity index (χ3n) is 3.58. The second kappa shape index (κ2) is 3.95. The summed E-state index contributed by atoms with van der Waals surface area (Å²) in [5.74, 6) is 0. The van der Waals surface area contributed by atoms with Crippen LogP contribution in [0.4, 0.5) is 16.2 Å². The molecule has 0 bridgehead atoms. The van der Waals surface area contributed by atoms with Crippen molar-refractivity contribution in [2.24, 2.45) is 0 Å². The van der Waals surface area contributed by atoms with E-state index >= 15 is 0 Å². The molecule has 1 fully saturated rings. The molecular formula is C13H17N3O. The van der Waals surface area contributed by atoms with E-state index < -0.39 is 0 Å². The van der Waals surface area contributed by atoms with E-state index in [9.17, 15) is 4.79 Å². The standard InChI is InChI=1S/C13H17N3O/c1-15-9-10-11(14-13(15)17)5-4-6-12(10)16-7-2-3-8-16/h4-6H,2-3,7-9H2,1H3,(H,14,17). The molecule has 2 aliphatic rings. The fourth-order valence-electron chi connectivity index (χ4n) is 2.63. The van der Waals surface area contributed by atoms with E-state index in [1.165, 1.54) is 24.1 Å². The summed E-state index contributed by atoms with van der Waals surface area (Å²) in [5, 5.41) is 2.93. The number of nitrogens with zero attached hydrogens (tertiary/aromatic N) is 2. The molecule has 3 rings (SSSR count). The molecule has 0 atom stereocenters. The van der Waals surface area contributed by atoms with Gasteiger partial charge in [-0.2, -0.15) is 0 Å². The van der Waals surface area contributed by atoms with Crippen molar-refractivity contribution in [1.82, 2.24) is 4.90 Å². The lowest BCUT2D eigenvalue weighted by Crippen LogP contribution is -2.36. The Balaban J connectivity index is 2.00. The number of carbonyl (C=O) groups is 1. The highest BCUT2D eigenvalue weighted by atomic mass is 16.2. The number of hydrogen-bond donors (Lipinski definition) is 1. The predicted molar refractivity (Wildman–Crippen MR) is 68.4 cm³/mol. The maximum atomic E-state index is 11.6. The summed E-state index contributed by atoms with van der Waals surface area (Å²) in [4.78, 5) is 15.7. The van der Waals surface area contributed by atoms with Gasteiger partial charge in [0.05, 0.1) is 6.54 Å². The summed E-state index contributed by atoms with van der Waals surface area (Å²) in [5.41, 5.74) is 3.50. The number of urea groups is 1. The monoisotopic (exact) mass is 231 g/mol. The lowest BCUT2D eigenvalue weighted by molar-refractivity contribution is 0.218. The topological polar surface area (TPSA) is 35.6 Å². The van der Waals surface area contributed by atoms with Gasteiger partial charge in [0, 0.05) is 37.1 Å². The Hall–Kier alpha value is -1.71. The summed E-state index contributed by atoms with van der Waals surface area (Å²) in [7, 11) is 1.83. The largest absolute Gasteiger partial charge is 0.371 e. The molecule has 0 radical (unpaired) electrons. The van der Waals surface area contributed by atoms with E-state index in [2.05, 4.69) is 16.3 Å². The van der Waals surface area contributed by atoms with Crippen molar-refractivity contribution in [3.8, 4) is 0 Å². The van der Waals surface area contributed by atoms with Crippen LogP contribution in [-0.4, -0.2) is 31.1 Å². The summed E-state index contributed by atoms with van der Waals surface area (Å²) in [6.45, 7) is 2.97. The van der Waals surface area contributed by atoms with Gasteiger partial charge in [-0.05, 0) is 25.0 Å². The smallest absolute Gasteiger partial charge is 0.321 e. The molecule has 0 aromatic heterocycles. The molecule has 0 unspecified atom stereocenters. The number of anilines is 2. The maximum Gasteiger partial charge on any atom is 0.321 e. The normalized spacial score (nSPS) is 19.2. The summed E-state index contributed by atoms with van der Waals surface area (Å²) >= 11 is 0. The molecule has 17 heavy (non-hydrogen) atoms. The number of rotatable bonds is 1. The number of fused-ring (bicyclic) bond motifs is 1. The van der Waals surface area contributed by atoms with Gasteiger partial charge in [-0.25, -0.2) is 4.79 Å². The van der Waals surface area contributed by atoms with Gasteiger partial charge in [0.2, 0.25) is 0 Å². The zero-order valence-corrected chi connectivity index (χ0v) is 10.1. The third-order valence-corrected chi connectivity index (χ3v) is 3.58. The first kappa shape index (κ1) is 10.4. The molecule has 1 saturated heterocycles. The van der Waals surface area contributed by atoms with Gasteiger partial charge in [-0.3, -0.25) is 0 Å². The van der Waals surface area contributed by atoms with Gasteiger partial charge >= 0.3 is 6.03 Å². The molecular weight excluding hydrogens is 214 g/mol. The number of amides is 2. The molecule has 90 valence electrons. The van der Waals surface area contributed by atoms with Crippen molar-refractivity contribution in [3.63, 3.8) is 0 Å². The highest BCUT2D eigenvalue weighted by molar-refractivity contribution is 5.93.